The first-order valence-electron chi connectivity index (χ1n) is 8.87. The Balaban J connectivity index is 1.50. The topological polar surface area (TPSA) is 81.9 Å². The van der Waals surface area contributed by atoms with Gasteiger partial charge in [0.25, 0.3) is 5.69 Å². The Hall–Kier alpha value is -3.09. The molecule has 0 amide bonds. The molecule has 0 radical (unpaired) electrons. The van der Waals surface area contributed by atoms with Crippen LogP contribution in [0.3, 0.4) is 0 Å². The lowest BCUT2D eigenvalue weighted by molar-refractivity contribution is -0.384. The van der Waals surface area contributed by atoms with E-state index in [0.717, 1.165) is 31.6 Å². The van der Waals surface area contributed by atoms with E-state index in [9.17, 15) is 14.9 Å². The summed E-state index contributed by atoms with van der Waals surface area (Å²) in [4.78, 5) is 24.2. The van der Waals surface area contributed by atoms with E-state index in [2.05, 4.69) is 4.90 Å². The maximum Gasteiger partial charge on any atom is 0.337 e. The van der Waals surface area contributed by atoms with Crippen molar-refractivity contribution in [3.8, 4) is 5.75 Å². The molecule has 1 heterocycles. The molecule has 27 heavy (non-hydrogen) atoms. The Morgan fingerprint density at radius 2 is 1.89 bits per heavy atom. The molecule has 142 valence electrons. The van der Waals surface area contributed by atoms with Crippen LogP contribution < -0.4 is 9.64 Å². The van der Waals surface area contributed by atoms with E-state index >= 15 is 0 Å². The number of benzene rings is 2. The summed E-state index contributed by atoms with van der Waals surface area (Å²) in [5.74, 6) is 0.716. The number of hydrogen-bond donors (Lipinski definition) is 0. The fraction of sp³-hybridized carbons (Fsp3) is 0.350. The molecule has 0 aliphatic carbocycles. The summed E-state index contributed by atoms with van der Waals surface area (Å²) in [6.07, 6.45) is 1.96. The SMILES string of the molecule is COC(=O)c1cccc(OCC2CCN(c3ccc([N+](=O)[O-])cc3)CC2)c1. The Morgan fingerprint density at radius 1 is 1.19 bits per heavy atom. The van der Waals surface area contributed by atoms with Crippen molar-refractivity contribution in [2.45, 2.75) is 12.8 Å². The molecular weight excluding hydrogens is 348 g/mol. The minimum absolute atomic E-state index is 0.108. The summed E-state index contributed by atoms with van der Waals surface area (Å²) < 4.78 is 10.6. The van der Waals surface area contributed by atoms with Crippen LogP contribution in [0.5, 0.6) is 5.75 Å². The zero-order chi connectivity index (χ0) is 19.2. The zero-order valence-electron chi connectivity index (χ0n) is 15.2. The van der Waals surface area contributed by atoms with Crippen molar-refractivity contribution in [1.29, 1.82) is 0 Å². The number of nitrogens with zero attached hydrogens (tertiary/aromatic N) is 2. The molecule has 3 rings (SSSR count). The lowest BCUT2D eigenvalue weighted by Gasteiger charge is -2.33. The number of ether oxygens (including phenoxy) is 2. The highest BCUT2D eigenvalue weighted by Crippen LogP contribution is 2.26. The number of piperidine rings is 1. The van der Waals surface area contributed by atoms with E-state index < -0.39 is 0 Å². The first-order valence-corrected chi connectivity index (χ1v) is 8.87. The van der Waals surface area contributed by atoms with Gasteiger partial charge in [-0.05, 0) is 49.1 Å². The predicted molar refractivity (Wildman–Crippen MR) is 101 cm³/mol. The molecule has 0 aromatic heterocycles. The number of methoxy groups -OCH3 is 1. The molecule has 7 nitrogen and oxygen atoms in total. The lowest BCUT2D eigenvalue weighted by atomic mass is 9.97. The van der Waals surface area contributed by atoms with E-state index in [0.29, 0.717) is 23.8 Å². The molecule has 0 N–H and O–H groups in total. The van der Waals surface area contributed by atoms with Gasteiger partial charge in [0.1, 0.15) is 5.75 Å². The maximum atomic E-state index is 11.6. The first kappa shape index (κ1) is 18.7. The summed E-state index contributed by atoms with van der Waals surface area (Å²) in [7, 11) is 1.36. The third-order valence-corrected chi connectivity index (χ3v) is 4.78. The van der Waals surface area contributed by atoms with Crippen LogP contribution in [0.1, 0.15) is 23.2 Å². The second-order valence-electron chi connectivity index (χ2n) is 6.53. The van der Waals surface area contributed by atoms with E-state index in [1.807, 2.05) is 6.07 Å². The second kappa shape index (κ2) is 8.53. The minimum Gasteiger partial charge on any atom is -0.493 e. The molecule has 0 saturated carbocycles. The molecule has 0 unspecified atom stereocenters. The van der Waals surface area contributed by atoms with Crippen LogP contribution in [-0.4, -0.2) is 37.7 Å². The van der Waals surface area contributed by atoms with Crippen molar-refractivity contribution >= 4 is 17.3 Å². The van der Waals surface area contributed by atoms with Crippen LogP contribution >= 0.6 is 0 Å². The number of nitro benzene ring substituents is 1. The van der Waals surface area contributed by atoms with Crippen LogP contribution in [0.25, 0.3) is 0 Å². The minimum atomic E-state index is -0.386. The summed E-state index contributed by atoms with van der Waals surface area (Å²) in [6.45, 7) is 2.36. The monoisotopic (exact) mass is 370 g/mol. The van der Waals surface area contributed by atoms with Gasteiger partial charge in [-0.1, -0.05) is 6.07 Å². The third-order valence-electron chi connectivity index (χ3n) is 4.78. The fourth-order valence-electron chi connectivity index (χ4n) is 3.19. The number of carbonyl (C=O) groups excluding carboxylic acids is 1. The predicted octanol–water partition coefficient (Wildman–Crippen LogP) is 3.68. The molecule has 0 spiro atoms. The molecule has 1 aliphatic heterocycles. The van der Waals surface area contributed by atoms with Crippen molar-refractivity contribution in [3.63, 3.8) is 0 Å². The summed E-state index contributed by atoms with van der Waals surface area (Å²) >= 11 is 0. The molecule has 2 aromatic carbocycles. The molecule has 1 aliphatic rings. The van der Waals surface area contributed by atoms with Crippen molar-refractivity contribution in [2.75, 3.05) is 31.7 Å². The van der Waals surface area contributed by atoms with Crippen molar-refractivity contribution in [2.24, 2.45) is 5.92 Å². The Labute approximate surface area is 157 Å². The summed E-state index contributed by atoms with van der Waals surface area (Å²) in [5, 5.41) is 10.7. The van der Waals surface area contributed by atoms with Gasteiger partial charge in [0.15, 0.2) is 0 Å². The zero-order valence-corrected chi connectivity index (χ0v) is 15.2. The number of rotatable bonds is 6. The molecule has 1 saturated heterocycles. The molecule has 2 aromatic rings. The highest BCUT2D eigenvalue weighted by molar-refractivity contribution is 5.89. The van der Waals surface area contributed by atoms with E-state index in [4.69, 9.17) is 9.47 Å². The van der Waals surface area contributed by atoms with Crippen LogP contribution in [-0.2, 0) is 4.74 Å². The number of nitro groups is 1. The van der Waals surface area contributed by atoms with Gasteiger partial charge >= 0.3 is 5.97 Å². The number of hydrogen-bond acceptors (Lipinski definition) is 6. The van der Waals surface area contributed by atoms with Crippen LogP contribution in [0, 0.1) is 16.0 Å². The van der Waals surface area contributed by atoms with Gasteiger partial charge in [0, 0.05) is 30.9 Å². The van der Waals surface area contributed by atoms with Crippen LogP contribution in [0.4, 0.5) is 11.4 Å². The summed E-state index contributed by atoms with van der Waals surface area (Å²) in [6, 6.07) is 13.7. The maximum absolute atomic E-state index is 11.6. The van der Waals surface area contributed by atoms with Gasteiger partial charge in [-0.25, -0.2) is 4.79 Å². The average molecular weight is 370 g/mol. The Bertz CT molecular complexity index is 798. The molecule has 0 bridgehead atoms. The van der Waals surface area contributed by atoms with Gasteiger partial charge < -0.3 is 14.4 Å². The fourth-order valence-corrected chi connectivity index (χ4v) is 3.19. The van der Waals surface area contributed by atoms with Gasteiger partial charge in [-0.2, -0.15) is 0 Å². The number of carbonyl (C=O) groups is 1. The molecule has 7 heteroatoms. The van der Waals surface area contributed by atoms with Crippen molar-refractivity contribution in [1.82, 2.24) is 0 Å². The normalized spacial score (nSPS) is 14.6. The van der Waals surface area contributed by atoms with Gasteiger partial charge in [0.05, 0.1) is 24.2 Å². The van der Waals surface area contributed by atoms with E-state index in [-0.39, 0.29) is 16.6 Å². The second-order valence-corrected chi connectivity index (χ2v) is 6.53. The number of anilines is 1. The van der Waals surface area contributed by atoms with Crippen molar-refractivity contribution in [3.05, 3.63) is 64.2 Å². The smallest absolute Gasteiger partial charge is 0.337 e. The lowest BCUT2D eigenvalue weighted by Crippen LogP contribution is -2.35. The molecule has 1 fully saturated rings. The quantitative estimate of drug-likeness (QED) is 0.438. The van der Waals surface area contributed by atoms with E-state index in [1.165, 1.54) is 7.11 Å². The highest BCUT2D eigenvalue weighted by atomic mass is 16.6. The van der Waals surface area contributed by atoms with Crippen LogP contribution in [0.2, 0.25) is 0 Å². The van der Waals surface area contributed by atoms with Gasteiger partial charge in [-0.15, -0.1) is 0 Å². The first-order chi connectivity index (χ1) is 13.1. The number of esters is 1. The average Bonchev–Trinajstić information content (AvgIpc) is 2.72. The van der Waals surface area contributed by atoms with E-state index in [1.54, 1.807) is 42.5 Å². The van der Waals surface area contributed by atoms with Gasteiger partial charge in [0.2, 0.25) is 0 Å². The standard InChI is InChI=1S/C20H22N2O5/c1-26-20(23)16-3-2-4-19(13-16)27-14-15-9-11-21(12-10-15)17-5-7-18(8-6-17)22(24)25/h2-8,13,15H,9-12,14H2,1H3. The van der Waals surface area contributed by atoms with Gasteiger partial charge in [-0.3, -0.25) is 10.1 Å². The number of non-ortho nitro benzene ring substituents is 1. The Kier molecular flexibility index (Phi) is 5.90. The Morgan fingerprint density at radius 3 is 2.52 bits per heavy atom. The van der Waals surface area contributed by atoms with Crippen molar-refractivity contribution < 1.29 is 19.2 Å². The molecule has 0 atom stereocenters. The largest absolute Gasteiger partial charge is 0.493 e. The summed E-state index contributed by atoms with van der Waals surface area (Å²) in [5.41, 5.74) is 1.59. The molecular formula is C20H22N2O5. The highest BCUT2D eigenvalue weighted by Gasteiger charge is 2.20. The third kappa shape index (κ3) is 4.75. The van der Waals surface area contributed by atoms with Crippen LogP contribution in [0.15, 0.2) is 48.5 Å².